The van der Waals surface area contributed by atoms with Gasteiger partial charge in [-0.05, 0) is 100 Å². The smallest absolute Gasteiger partial charge is 0.135 e. The van der Waals surface area contributed by atoms with Crippen LogP contribution in [0.5, 0.6) is 0 Å². The number of nitrogens with zero attached hydrogens (tertiary/aromatic N) is 2. The van der Waals surface area contributed by atoms with Gasteiger partial charge in [0.25, 0.3) is 0 Å². The van der Waals surface area contributed by atoms with Gasteiger partial charge < -0.3 is 13.6 Å². The Morgan fingerprint density at radius 3 is 1.69 bits per heavy atom. The molecule has 3 nitrogen and oxygen atoms in total. The molecule has 9 aromatic carbocycles. The Hall–Kier alpha value is -7.36. The van der Waals surface area contributed by atoms with E-state index in [-0.39, 0.29) is 0 Å². The molecule has 3 heteroatoms. The number of fused-ring (bicyclic) bond motifs is 10. The molecule has 0 amide bonds. The minimum atomic E-state index is 0.915. The van der Waals surface area contributed by atoms with Gasteiger partial charge in [-0.3, -0.25) is 0 Å². The van der Waals surface area contributed by atoms with Gasteiger partial charge in [0.1, 0.15) is 11.2 Å². The van der Waals surface area contributed by atoms with Crippen LogP contribution in [0.4, 0.5) is 0 Å². The average Bonchev–Trinajstić information content (AvgIpc) is 3.90. The predicted octanol–water partition coefficient (Wildman–Crippen LogP) is 14.3. The highest BCUT2D eigenvalue weighted by atomic mass is 16.3. The maximum atomic E-state index is 6.12. The monoisotopic (exact) mass is 700 g/mol. The third-order valence-electron chi connectivity index (χ3n) is 11.5. The Morgan fingerprint density at radius 2 is 0.855 bits per heavy atom. The van der Waals surface area contributed by atoms with Crippen molar-refractivity contribution in [1.82, 2.24) is 9.13 Å². The van der Waals surface area contributed by atoms with Crippen molar-refractivity contribution in [3.63, 3.8) is 0 Å². The summed E-state index contributed by atoms with van der Waals surface area (Å²) < 4.78 is 11.0. The van der Waals surface area contributed by atoms with Gasteiger partial charge in [0, 0.05) is 43.4 Å². The Bertz CT molecular complexity index is 3490. The summed E-state index contributed by atoms with van der Waals surface area (Å²) in [6.07, 6.45) is 0. The summed E-state index contributed by atoms with van der Waals surface area (Å²) in [4.78, 5) is 0. The highest BCUT2D eigenvalue weighted by Crippen LogP contribution is 2.40. The minimum Gasteiger partial charge on any atom is -0.456 e. The Morgan fingerprint density at radius 1 is 0.291 bits per heavy atom. The number of para-hydroxylation sites is 4. The SMILES string of the molecule is c1ccc(-n2c3ccccc3c3ccc(-c4ccc5c(c4)c4ccccc4n5-c4cccc5cc(-c6ccc7oc8ccccc8c7c6)ccc45)cc32)cc1. The van der Waals surface area contributed by atoms with E-state index in [2.05, 4.69) is 191 Å². The summed E-state index contributed by atoms with van der Waals surface area (Å²) in [7, 11) is 0. The fourth-order valence-electron chi connectivity index (χ4n) is 8.96. The number of hydrogen-bond donors (Lipinski definition) is 0. The molecule has 0 aliphatic rings. The number of hydrogen-bond acceptors (Lipinski definition) is 1. The maximum Gasteiger partial charge on any atom is 0.135 e. The first-order chi connectivity index (χ1) is 27.3. The van der Waals surface area contributed by atoms with Crippen molar-refractivity contribution < 1.29 is 4.42 Å². The van der Waals surface area contributed by atoms with Gasteiger partial charge in [0.05, 0.1) is 27.8 Å². The lowest BCUT2D eigenvalue weighted by molar-refractivity contribution is 0.669. The van der Waals surface area contributed by atoms with Gasteiger partial charge in [-0.25, -0.2) is 0 Å². The molecule has 55 heavy (non-hydrogen) atoms. The molecule has 0 saturated carbocycles. The normalized spacial score (nSPS) is 12.0. The average molecular weight is 701 g/mol. The molecule has 0 unspecified atom stereocenters. The minimum absolute atomic E-state index is 0.915. The lowest BCUT2D eigenvalue weighted by Crippen LogP contribution is -1.95. The fraction of sp³-hybridized carbons (Fsp3) is 0. The molecule has 0 N–H and O–H groups in total. The second-order valence-corrected chi connectivity index (χ2v) is 14.5. The second kappa shape index (κ2) is 11.6. The Balaban J connectivity index is 1.01. The van der Waals surface area contributed by atoms with Crippen LogP contribution in [0.15, 0.2) is 199 Å². The van der Waals surface area contributed by atoms with Crippen molar-refractivity contribution in [2.45, 2.75) is 0 Å². The van der Waals surface area contributed by atoms with E-state index in [1.54, 1.807) is 0 Å². The zero-order valence-electron chi connectivity index (χ0n) is 29.8. The zero-order chi connectivity index (χ0) is 36.0. The first kappa shape index (κ1) is 30.1. The van der Waals surface area contributed by atoms with Crippen LogP contribution in [0.2, 0.25) is 0 Å². The third-order valence-corrected chi connectivity index (χ3v) is 11.5. The van der Waals surface area contributed by atoms with Crippen LogP contribution in [0, 0.1) is 0 Å². The van der Waals surface area contributed by atoms with Crippen LogP contribution in [-0.4, -0.2) is 9.13 Å². The molecule has 0 fully saturated rings. The van der Waals surface area contributed by atoms with Crippen LogP contribution in [0.25, 0.3) is 110 Å². The van der Waals surface area contributed by atoms with Crippen molar-refractivity contribution in [3.05, 3.63) is 194 Å². The molecule has 0 aliphatic carbocycles. The number of furan rings is 1. The predicted molar refractivity (Wildman–Crippen MR) is 231 cm³/mol. The molecule has 0 bridgehead atoms. The van der Waals surface area contributed by atoms with E-state index in [9.17, 15) is 0 Å². The first-order valence-corrected chi connectivity index (χ1v) is 18.8. The number of rotatable bonds is 4. The van der Waals surface area contributed by atoms with Crippen molar-refractivity contribution >= 4 is 76.3 Å². The third kappa shape index (κ3) is 4.50. The second-order valence-electron chi connectivity index (χ2n) is 14.5. The van der Waals surface area contributed by atoms with Crippen LogP contribution < -0.4 is 0 Å². The zero-order valence-corrected chi connectivity index (χ0v) is 29.8. The summed E-state index contributed by atoms with van der Waals surface area (Å²) in [6, 6.07) is 70.4. The van der Waals surface area contributed by atoms with E-state index < -0.39 is 0 Å². The lowest BCUT2D eigenvalue weighted by atomic mass is 9.99. The van der Waals surface area contributed by atoms with Gasteiger partial charge in [-0.2, -0.15) is 0 Å². The molecular formula is C52H32N2O. The standard InChI is InChI=1S/C52H32N2O/c1-2-12-38(13-3-1)53-47-17-7-4-14-40(47)42-26-22-36(32-50(42)53)34-23-27-49-44(30-34)41-15-5-8-18-48(41)54(49)46-19-10-11-37-29-33(21-25-39(37)46)35-24-28-52-45(31-35)43-16-6-9-20-51(43)55-52/h1-32H. The molecule has 12 aromatic rings. The summed E-state index contributed by atoms with van der Waals surface area (Å²) in [5, 5.41) is 9.72. The van der Waals surface area contributed by atoms with Gasteiger partial charge in [-0.15, -0.1) is 0 Å². The molecule has 256 valence electrons. The molecule has 0 aliphatic heterocycles. The Labute approximate surface area is 316 Å². The van der Waals surface area contributed by atoms with Crippen molar-refractivity contribution in [2.24, 2.45) is 0 Å². The maximum absolute atomic E-state index is 6.12. The molecule has 3 aromatic heterocycles. The van der Waals surface area contributed by atoms with Crippen LogP contribution in [0.1, 0.15) is 0 Å². The largest absolute Gasteiger partial charge is 0.456 e. The lowest BCUT2D eigenvalue weighted by Gasteiger charge is -2.13. The van der Waals surface area contributed by atoms with Crippen molar-refractivity contribution in [2.75, 3.05) is 0 Å². The summed E-state index contributed by atoms with van der Waals surface area (Å²) in [5.41, 5.74) is 13.8. The molecule has 3 heterocycles. The van der Waals surface area contributed by atoms with Crippen molar-refractivity contribution in [1.29, 1.82) is 0 Å². The number of benzene rings is 9. The number of aromatic nitrogens is 2. The molecule has 0 saturated heterocycles. The van der Waals surface area contributed by atoms with Crippen LogP contribution >= 0.6 is 0 Å². The topological polar surface area (TPSA) is 23.0 Å². The summed E-state index contributed by atoms with van der Waals surface area (Å²) in [5.74, 6) is 0. The quantitative estimate of drug-likeness (QED) is 0.179. The van der Waals surface area contributed by atoms with Crippen LogP contribution in [-0.2, 0) is 0 Å². The Kier molecular flexibility index (Phi) is 6.34. The highest BCUT2D eigenvalue weighted by molar-refractivity contribution is 6.13. The molecule has 12 rings (SSSR count). The van der Waals surface area contributed by atoms with E-state index >= 15 is 0 Å². The van der Waals surface area contributed by atoms with Gasteiger partial charge in [-0.1, -0.05) is 121 Å². The first-order valence-electron chi connectivity index (χ1n) is 18.8. The molecular weight excluding hydrogens is 669 g/mol. The van der Waals surface area contributed by atoms with Gasteiger partial charge >= 0.3 is 0 Å². The van der Waals surface area contributed by atoms with E-state index in [0.717, 1.165) is 21.9 Å². The molecule has 0 radical (unpaired) electrons. The summed E-state index contributed by atoms with van der Waals surface area (Å²) >= 11 is 0. The fourth-order valence-corrected chi connectivity index (χ4v) is 8.96. The molecule has 0 spiro atoms. The van der Waals surface area contributed by atoms with E-state index in [1.165, 1.54) is 88.0 Å². The van der Waals surface area contributed by atoms with Gasteiger partial charge in [0.2, 0.25) is 0 Å². The van der Waals surface area contributed by atoms with Gasteiger partial charge in [0.15, 0.2) is 0 Å². The highest BCUT2D eigenvalue weighted by Gasteiger charge is 2.17. The van der Waals surface area contributed by atoms with E-state index in [0.29, 0.717) is 0 Å². The van der Waals surface area contributed by atoms with E-state index in [4.69, 9.17) is 4.42 Å². The van der Waals surface area contributed by atoms with E-state index in [1.807, 2.05) is 12.1 Å². The molecule has 0 atom stereocenters. The van der Waals surface area contributed by atoms with Crippen molar-refractivity contribution in [3.8, 4) is 33.6 Å². The summed E-state index contributed by atoms with van der Waals surface area (Å²) in [6.45, 7) is 0. The van der Waals surface area contributed by atoms with Crippen LogP contribution in [0.3, 0.4) is 0 Å².